The number of methoxy groups -OCH3 is 1. The maximum absolute atomic E-state index is 13.0. The standard InChI is InChI=1S/C20H30F3N3O2/c1-3-24-18(25-10-5-11-28-13-12-27-2)26-15-19(8-9-19)16-6-4-7-17(14-16)20(21,22)23/h4,6-7,14H,3,5,8-13,15H2,1-2H3,(H2,24,25,26). The van der Waals surface area contributed by atoms with E-state index in [0.717, 1.165) is 25.3 Å². The van der Waals surface area contributed by atoms with E-state index in [1.807, 2.05) is 6.92 Å². The molecular weight excluding hydrogens is 371 g/mol. The summed E-state index contributed by atoms with van der Waals surface area (Å²) in [5.74, 6) is 0.678. The van der Waals surface area contributed by atoms with E-state index in [-0.39, 0.29) is 5.41 Å². The number of nitrogens with zero attached hydrogens (tertiary/aromatic N) is 1. The third-order valence-corrected chi connectivity index (χ3v) is 4.73. The van der Waals surface area contributed by atoms with Gasteiger partial charge in [-0.25, -0.2) is 0 Å². The van der Waals surface area contributed by atoms with Gasteiger partial charge in [-0.05, 0) is 37.8 Å². The molecule has 0 saturated heterocycles. The summed E-state index contributed by atoms with van der Waals surface area (Å²) in [5.41, 5.74) is -0.167. The number of guanidine groups is 1. The second-order valence-corrected chi connectivity index (χ2v) is 6.94. The van der Waals surface area contributed by atoms with Crippen LogP contribution in [-0.4, -0.2) is 52.5 Å². The first-order chi connectivity index (χ1) is 13.4. The highest BCUT2D eigenvalue weighted by Crippen LogP contribution is 2.49. The minimum atomic E-state index is -4.32. The Kier molecular flexibility index (Phi) is 8.57. The first-order valence-corrected chi connectivity index (χ1v) is 9.68. The van der Waals surface area contributed by atoms with Crippen molar-refractivity contribution in [2.45, 2.75) is 37.8 Å². The Morgan fingerprint density at radius 1 is 1.18 bits per heavy atom. The lowest BCUT2D eigenvalue weighted by atomic mass is 9.94. The van der Waals surface area contributed by atoms with Gasteiger partial charge in [0.15, 0.2) is 5.96 Å². The summed E-state index contributed by atoms with van der Waals surface area (Å²) in [7, 11) is 1.64. The van der Waals surface area contributed by atoms with Crippen molar-refractivity contribution in [1.82, 2.24) is 10.6 Å². The molecule has 28 heavy (non-hydrogen) atoms. The lowest BCUT2D eigenvalue weighted by Crippen LogP contribution is -2.38. The summed E-state index contributed by atoms with van der Waals surface area (Å²) in [4.78, 5) is 4.62. The Bertz CT molecular complexity index is 631. The molecule has 0 radical (unpaired) electrons. The minimum absolute atomic E-state index is 0.285. The van der Waals surface area contributed by atoms with Crippen molar-refractivity contribution in [1.29, 1.82) is 0 Å². The molecule has 1 aliphatic carbocycles. The van der Waals surface area contributed by atoms with Gasteiger partial charge in [0, 0.05) is 32.2 Å². The minimum Gasteiger partial charge on any atom is -0.382 e. The van der Waals surface area contributed by atoms with Crippen molar-refractivity contribution in [3.05, 3.63) is 35.4 Å². The number of hydrogen-bond donors (Lipinski definition) is 2. The highest BCUT2D eigenvalue weighted by atomic mass is 19.4. The SMILES string of the molecule is CCNC(=NCC1(c2cccc(C(F)(F)F)c2)CC1)NCCCOCCOC. The van der Waals surface area contributed by atoms with Gasteiger partial charge in [-0.3, -0.25) is 4.99 Å². The quantitative estimate of drug-likeness (QED) is 0.339. The molecule has 1 aromatic carbocycles. The monoisotopic (exact) mass is 401 g/mol. The molecule has 0 unspecified atom stereocenters. The summed E-state index contributed by atoms with van der Waals surface area (Å²) in [6, 6.07) is 5.63. The Labute approximate surface area is 164 Å². The van der Waals surface area contributed by atoms with E-state index >= 15 is 0 Å². The van der Waals surface area contributed by atoms with Gasteiger partial charge < -0.3 is 20.1 Å². The highest BCUT2D eigenvalue weighted by Gasteiger charge is 2.45. The van der Waals surface area contributed by atoms with Gasteiger partial charge in [0.1, 0.15) is 0 Å². The topological polar surface area (TPSA) is 54.9 Å². The predicted octanol–water partition coefficient (Wildman–Crippen LogP) is 3.35. The molecule has 0 bridgehead atoms. The molecule has 1 fully saturated rings. The third-order valence-electron chi connectivity index (χ3n) is 4.73. The van der Waals surface area contributed by atoms with E-state index in [4.69, 9.17) is 9.47 Å². The van der Waals surface area contributed by atoms with Crippen LogP contribution in [-0.2, 0) is 21.1 Å². The molecule has 0 atom stereocenters. The molecule has 1 aromatic rings. The molecule has 0 amide bonds. The molecule has 0 aliphatic heterocycles. The van der Waals surface area contributed by atoms with Gasteiger partial charge in [-0.2, -0.15) is 13.2 Å². The van der Waals surface area contributed by atoms with Crippen molar-refractivity contribution in [3.63, 3.8) is 0 Å². The van der Waals surface area contributed by atoms with Gasteiger partial charge in [0.05, 0.1) is 25.3 Å². The van der Waals surface area contributed by atoms with Crippen molar-refractivity contribution in [2.75, 3.05) is 46.6 Å². The Hall–Kier alpha value is -1.80. The smallest absolute Gasteiger partial charge is 0.382 e. The molecule has 1 aliphatic rings. The number of hydrogen-bond acceptors (Lipinski definition) is 3. The van der Waals surface area contributed by atoms with Crippen molar-refractivity contribution in [3.8, 4) is 0 Å². The average Bonchev–Trinajstić information content (AvgIpc) is 3.46. The first-order valence-electron chi connectivity index (χ1n) is 9.68. The summed E-state index contributed by atoms with van der Waals surface area (Å²) in [6.07, 6.45) is -1.79. The predicted molar refractivity (Wildman–Crippen MR) is 104 cm³/mol. The fourth-order valence-corrected chi connectivity index (χ4v) is 2.91. The van der Waals surface area contributed by atoms with Crippen molar-refractivity contribution in [2.24, 2.45) is 4.99 Å². The highest BCUT2D eigenvalue weighted by molar-refractivity contribution is 5.79. The van der Waals surface area contributed by atoms with Gasteiger partial charge in [0.2, 0.25) is 0 Å². The summed E-state index contributed by atoms with van der Waals surface area (Å²) in [6.45, 7) is 5.64. The number of benzene rings is 1. The van der Waals surface area contributed by atoms with Crippen LogP contribution in [0.5, 0.6) is 0 Å². The zero-order chi connectivity index (χ0) is 20.5. The van der Waals surface area contributed by atoms with Crippen LogP contribution in [0.2, 0.25) is 0 Å². The average molecular weight is 401 g/mol. The van der Waals surface area contributed by atoms with Gasteiger partial charge in [0.25, 0.3) is 0 Å². The van der Waals surface area contributed by atoms with E-state index < -0.39 is 11.7 Å². The van der Waals surface area contributed by atoms with Gasteiger partial charge in [-0.15, -0.1) is 0 Å². The number of aliphatic imine (C=N–C) groups is 1. The summed E-state index contributed by atoms with van der Waals surface area (Å²) >= 11 is 0. The summed E-state index contributed by atoms with van der Waals surface area (Å²) < 4.78 is 49.3. The van der Waals surface area contributed by atoms with Gasteiger partial charge in [-0.1, -0.05) is 18.2 Å². The maximum atomic E-state index is 13.0. The molecule has 0 spiro atoms. The molecule has 1 saturated carbocycles. The fourth-order valence-electron chi connectivity index (χ4n) is 2.91. The molecular formula is C20H30F3N3O2. The van der Waals surface area contributed by atoms with E-state index in [2.05, 4.69) is 15.6 Å². The molecule has 158 valence electrons. The van der Waals surface area contributed by atoms with Crippen LogP contribution < -0.4 is 10.6 Å². The van der Waals surface area contributed by atoms with E-state index in [1.54, 1.807) is 13.2 Å². The Balaban J connectivity index is 1.89. The number of rotatable bonds is 11. The van der Waals surface area contributed by atoms with E-state index in [1.165, 1.54) is 12.1 Å². The van der Waals surface area contributed by atoms with Crippen molar-refractivity contribution >= 4 is 5.96 Å². The largest absolute Gasteiger partial charge is 0.416 e. The van der Waals surface area contributed by atoms with Crippen molar-refractivity contribution < 1.29 is 22.6 Å². The molecule has 8 heteroatoms. The second kappa shape index (κ2) is 10.7. The summed E-state index contributed by atoms with van der Waals surface area (Å²) in [5, 5.41) is 6.43. The normalized spacial score (nSPS) is 16.1. The first kappa shape index (κ1) is 22.5. The van der Waals surface area contributed by atoms with Crippen LogP contribution >= 0.6 is 0 Å². The Morgan fingerprint density at radius 2 is 1.96 bits per heavy atom. The van der Waals surface area contributed by atoms with Gasteiger partial charge >= 0.3 is 6.18 Å². The number of alkyl halides is 3. The van der Waals surface area contributed by atoms with Crippen LogP contribution in [0.15, 0.2) is 29.3 Å². The lowest BCUT2D eigenvalue weighted by Gasteiger charge is -2.17. The Morgan fingerprint density at radius 3 is 2.61 bits per heavy atom. The maximum Gasteiger partial charge on any atom is 0.416 e. The van der Waals surface area contributed by atoms with E-state index in [0.29, 0.717) is 51.0 Å². The van der Waals surface area contributed by atoms with Crippen LogP contribution in [0.4, 0.5) is 13.2 Å². The molecule has 5 nitrogen and oxygen atoms in total. The van der Waals surface area contributed by atoms with Crippen LogP contribution in [0.25, 0.3) is 0 Å². The van der Waals surface area contributed by atoms with Crippen LogP contribution in [0, 0.1) is 0 Å². The zero-order valence-electron chi connectivity index (χ0n) is 16.6. The molecule has 2 rings (SSSR count). The van der Waals surface area contributed by atoms with Crippen LogP contribution in [0.1, 0.15) is 37.3 Å². The number of ether oxygens (including phenoxy) is 2. The fraction of sp³-hybridized carbons (Fsp3) is 0.650. The molecule has 0 aromatic heterocycles. The third kappa shape index (κ3) is 6.98. The van der Waals surface area contributed by atoms with Crippen LogP contribution in [0.3, 0.4) is 0 Å². The van der Waals surface area contributed by atoms with E-state index in [9.17, 15) is 13.2 Å². The zero-order valence-corrected chi connectivity index (χ0v) is 16.6. The molecule has 2 N–H and O–H groups in total. The lowest BCUT2D eigenvalue weighted by molar-refractivity contribution is -0.137. The number of halogens is 3. The second-order valence-electron chi connectivity index (χ2n) is 6.94. The number of nitrogens with one attached hydrogen (secondary N) is 2. The molecule has 0 heterocycles.